The van der Waals surface area contributed by atoms with E-state index in [9.17, 15) is 0 Å². The molecule has 3 nitrogen and oxygen atoms in total. The van der Waals surface area contributed by atoms with Crippen molar-refractivity contribution in [1.82, 2.24) is 4.90 Å². The molecule has 21 heavy (non-hydrogen) atoms. The Bertz CT molecular complexity index is 536. The van der Waals surface area contributed by atoms with Crippen molar-refractivity contribution < 1.29 is 4.74 Å². The molecule has 1 aromatic carbocycles. The normalized spacial score (nSPS) is 20.8. The predicted octanol–water partition coefficient (Wildman–Crippen LogP) is 2.55. The number of ether oxygens (including phenoxy) is 1. The quantitative estimate of drug-likeness (QED) is 0.868. The van der Waals surface area contributed by atoms with Gasteiger partial charge in [0, 0.05) is 18.4 Å². The van der Waals surface area contributed by atoms with Crippen molar-refractivity contribution >= 4 is 17.2 Å². The summed E-state index contributed by atoms with van der Waals surface area (Å²) >= 11 is 5.20. The highest BCUT2D eigenvalue weighted by atomic mass is 32.1. The van der Waals surface area contributed by atoms with Crippen LogP contribution in [0, 0.1) is 5.41 Å². The van der Waals surface area contributed by atoms with Gasteiger partial charge in [-0.3, -0.25) is 0 Å². The van der Waals surface area contributed by atoms with Crippen LogP contribution in [-0.4, -0.2) is 36.1 Å². The zero-order chi connectivity index (χ0) is 14.9. The average molecular weight is 304 g/mol. The summed E-state index contributed by atoms with van der Waals surface area (Å²) in [5, 5.41) is 0. The number of nitrogens with zero attached hydrogens (tertiary/aromatic N) is 1. The highest BCUT2D eigenvalue weighted by molar-refractivity contribution is 7.80. The third-order valence-electron chi connectivity index (χ3n) is 5.03. The van der Waals surface area contributed by atoms with E-state index < -0.39 is 0 Å². The van der Waals surface area contributed by atoms with Crippen LogP contribution in [0.25, 0.3) is 0 Å². The molecule has 0 saturated carbocycles. The van der Waals surface area contributed by atoms with E-state index in [0.29, 0.717) is 4.99 Å². The molecule has 2 N–H and O–H groups in total. The summed E-state index contributed by atoms with van der Waals surface area (Å²) < 4.78 is 5.56. The monoisotopic (exact) mass is 304 g/mol. The molecular formula is C17H24N2OS. The Labute approximate surface area is 132 Å². The Morgan fingerprint density at radius 1 is 1.38 bits per heavy atom. The summed E-state index contributed by atoms with van der Waals surface area (Å²) in [5.41, 5.74) is 8.72. The second-order valence-corrected chi connectivity index (χ2v) is 7.00. The van der Waals surface area contributed by atoms with Crippen LogP contribution < -0.4 is 10.5 Å². The van der Waals surface area contributed by atoms with Gasteiger partial charge in [0.2, 0.25) is 0 Å². The van der Waals surface area contributed by atoms with Crippen LogP contribution in [0.15, 0.2) is 18.2 Å². The molecule has 3 rings (SSSR count). The van der Waals surface area contributed by atoms with E-state index >= 15 is 0 Å². The van der Waals surface area contributed by atoms with Gasteiger partial charge in [0.05, 0.1) is 11.6 Å². The van der Waals surface area contributed by atoms with Gasteiger partial charge in [0.25, 0.3) is 0 Å². The molecule has 0 radical (unpaired) electrons. The van der Waals surface area contributed by atoms with E-state index in [2.05, 4.69) is 30.0 Å². The molecule has 1 fully saturated rings. The minimum atomic E-state index is 0.0662. The molecule has 0 aliphatic carbocycles. The molecular weight excluding hydrogens is 280 g/mol. The number of hydrogen-bond donors (Lipinski definition) is 1. The standard InChI is InChI=1S/C17H24N2OS/c1-17(16(18)21)6-9-19(10-7-17)8-4-13-2-3-15-14(12-13)5-11-20-15/h2-3,12H,4-11H2,1H3,(H2,18,21). The van der Waals surface area contributed by atoms with Crippen molar-refractivity contribution in [2.24, 2.45) is 11.1 Å². The number of thiocarbonyl (C=S) groups is 1. The third-order valence-corrected chi connectivity index (χ3v) is 5.52. The lowest BCUT2D eigenvalue weighted by molar-refractivity contribution is 0.166. The van der Waals surface area contributed by atoms with Gasteiger partial charge in [-0.25, -0.2) is 0 Å². The first-order valence-corrected chi connectivity index (χ1v) is 8.24. The number of likely N-dealkylation sites (tertiary alicyclic amines) is 1. The smallest absolute Gasteiger partial charge is 0.122 e. The van der Waals surface area contributed by atoms with Gasteiger partial charge in [-0.1, -0.05) is 31.3 Å². The number of rotatable bonds is 4. The number of hydrogen-bond acceptors (Lipinski definition) is 3. The lowest BCUT2D eigenvalue weighted by Crippen LogP contribution is -2.45. The van der Waals surface area contributed by atoms with Crippen molar-refractivity contribution in [2.75, 3.05) is 26.2 Å². The van der Waals surface area contributed by atoms with Gasteiger partial charge in [0.1, 0.15) is 5.75 Å². The largest absolute Gasteiger partial charge is 0.493 e. The zero-order valence-corrected chi connectivity index (χ0v) is 13.5. The van der Waals surface area contributed by atoms with Gasteiger partial charge in [-0.15, -0.1) is 0 Å². The van der Waals surface area contributed by atoms with Crippen LogP contribution in [0.4, 0.5) is 0 Å². The van der Waals surface area contributed by atoms with Crippen LogP contribution in [0.5, 0.6) is 5.75 Å². The fourth-order valence-corrected chi connectivity index (χ4v) is 3.40. The fourth-order valence-electron chi connectivity index (χ4n) is 3.20. The van der Waals surface area contributed by atoms with Gasteiger partial charge in [0.15, 0.2) is 0 Å². The van der Waals surface area contributed by atoms with E-state index in [1.165, 1.54) is 11.1 Å². The maximum atomic E-state index is 5.86. The Morgan fingerprint density at radius 3 is 2.86 bits per heavy atom. The van der Waals surface area contributed by atoms with Crippen LogP contribution in [0.2, 0.25) is 0 Å². The highest BCUT2D eigenvalue weighted by Gasteiger charge is 2.32. The third kappa shape index (κ3) is 3.22. The minimum absolute atomic E-state index is 0.0662. The van der Waals surface area contributed by atoms with Gasteiger partial charge in [-0.05, 0) is 49.5 Å². The average Bonchev–Trinajstić information content (AvgIpc) is 2.94. The first kappa shape index (κ1) is 14.8. The van der Waals surface area contributed by atoms with Crippen molar-refractivity contribution in [3.63, 3.8) is 0 Å². The number of benzene rings is 1. The molecule has 0 unspecified atom stereocenters. The molecule has 2 aliphatic rings. The van der Waals surface area contributed by atoms with Crippen molar-refractivity contribution in [1.29, 1.82) is 0 Å². The van der Waals surface area contributed by atoms with Crippen LogP contribution in [-0.2, 0) is 12.8 Å². The molecule has 1 saturated heterocycles. The molecule has 2 heterocycles. The van der Waals surface area contributed by atoms with E-state index in [4.69, 9.17) is 22.7 Å². The number of fused-ring (bicyclic) bond motifs is 1. The van der Waals surface area contributed by atoms with E-state index in [1.807, 2.05) is 0 Å². The predicted molar refractivity (Wildman–Crippen MR) is 89.9 cm³/mol. The maximum Gasteiger partial charge on any atom is 0.122 e. The molecule has 0 atom stereocenters. The fraction of sp³-hybridized carbons (Fsp3) is 0.588. The Morgan fingerprint density at radius 2 is 2.14 bits per heavy atom. The second kappa shape index (κ2) is 5.93. The zero-order valence-electron chi connectivity index (χ0n) is 12.7. The molecule has 0 amide bonds. The summed E-state index contributed by atoms with van der Waals surface area (Å²) in [7, 11) is 0. The Hall–Kier alpha value is -1.13. The Balaban J connectivity index is 1.51. The summed E-state index contributed by atoms with van der Waals surface area (Å²) in [6, 6.07) is 6.64. The molecule has 2 aliphatic heterocycles. The molecule has 0 bridgehead atoms. The second-order valence-electron chi connectivity index (χ2n) is 6.56. The van der Waals surface area contributed by atoms with Crippen molar-refractivity contribution in [3.8, 4) is 5.75 Å². The van der Waals surface area contributed by atoms with Crippen molar-refractivity contribution in [2.45, 2.75) is 32.6 Å². The van der Waals surface area contributed by atoms with Crippen LogP contribution in [0.1, 0.15) is 30.9 Å². The van der Waals surface area contributed by atoms with Crippen LogP contribution >= 0.6 is 12.2 Å². The SMILES string of the molecule is CC1(C(N)=S)CCN(CCc2ccc3c(c2)CCO3)CC1. The topological polar surface area (TPSA) is 38.5 Å². The first-order chi connectivity index (χ1) is 10.1. The number of nitrogens with two attached hydrogens (primary N) is 1. The number of piperidine rings is 1. The molecule has 0 aromatic heterocycles. The first-order valence-electron chi connectivity index (χ1n) is 7.84. The molecule has 114 valence electrons. The maximum absolute atomic E-state index is 5.86. The lowest BCUT2D eigenvalue weighted by Gasteiger charge is -2.38. The Kier molecular flexibility index (Phi) is 4.18. The van der Waals surface area contributed by atoms with Crippen molar-refractivity contribution in [3.05, 3.63) is 29.3 Å². The minimum Gasteiger partial charge on any atom is -0.493 e. The van der Waals surface area contributed by atoms with Gasteiger partial charge in [-0.2, -0.15) is 0 Å². The van der Waals surface area contributed by atoms with E-state index in [1.54, 1.807) is 0 Å². The van der Waals surface area contributed by atoms with E-state index in [0.717, 1.165) is 57.7 Å². The van der Waals surface area contributed by atoms with Crippen LogP contribution in [0.3, 0.4) is 0 Å². The van der Waals surface area contributed by atoms with E-state index in [-0.39, 0.29) is 5.41 Å². The van der Waals surface area contributed by atoms with Gasteiger partial charge < -0.3 is 15.4 Å². The lowest BCUT2D eigenvalue weighted by atomic mass is 9.80. The molecule has 0 spiro atoms. The highest BCUT2D eigenvalue weighted by Crippen LogP contribution is 2.31. The summed E-state index contributed by atoms with van der Waals surface area (Å²) in [6.45, 7) is 6.35. The molecule has 1 aromatic rings. The summed E-state index contributed by atoms with van der Waals surface area (Å²) in [4.78, 5) is 3.21. The summed E-state index contributed by atoms with van der Waals surface area (Å²) in [6.07, 6.45) is 4.33. The summed E-state index contributed by atoms with van der Waals surface area (Å²) in [5.74, 6) is 1.07. The van der Waals surface area contributed by atoms with Gasteiger partial charge >= 0.3 is 0 Å². The molecule has 4 heteroatoms.